The summed E-state index contributed by atoms with van der Waals surface area (Å²) in [6.45, 7) is 0. The van der Waals surface area contributed by atoms with Gasteiger partial charge in [-0.25, -0.2) is 0 Å². The van der Waals surface area contributed by atoms with E-state index in [0.29, 0.717) is 0 Å². The monoisotopic (exact) mass is 480 g/mol. The van der Waals surface area contributed by atoms with E-state index in [2.05, 4.69) is 133 Å². The maximum atomic E-state index is 2.37. The molecule has 0 unspecified atom stereocenters. The van der Waals surface area contributed by atoms with E-state index in [9.17, 15) is 0 Å². The smallest absolute Gasteiger partial charge is 0.0102 e. The molecule has 0 atom stereocenters. The van der Waals surface area contributed by atoms with Gasteiger partial charge in [-0.05, 0) is 49.2 Å². The van der Waals surface area contributed by atoms with Gasteiger partial charge in [0.2, 0.25) is 0 Å². The Labute approximate surface area is 203 Å². The molecule has 5 aromatic rings. The zero-order chi connectivity index (χ0) is 22.3. The molecule has 0 radical (unpaired) electrons. The second kappa shape index (κ2) is 11.0. The first-order valence-corrected chi connectivity index (χ1v) is 15.1. The summed E-state index contributed by atoms with van der Waals surface area (Å²) < 4.78 is 0. The van der Waals surface area contributed by atoms with E-state index in [1.54, 1.807) is 0 Å². The maximum Gasteiger partial charge on any atom is 0.0102 e. The van der Waals surface area contributed by atoms with Crippen LogP contribution in [0.5, 0.6) is 0 Å². The molecule has 0 bridgehead atoms. The van der Waals surface area contributed by atoms with Gasteiger partial charge in [-0.3, -0.25) is 0 Å². The van der Waals surface area contributed by atoms with Crippen LogP contribution in [0.4, 0.5) is 0 Å². The first-order valence-electron chi connectivity index (χ1n) is 11.2. The third kappa shape index (κ3) is 5.69. The van der Waals surface area contributed by atoms with Crippen LogP contribution in [0.25, 0.3) is 0 Å². The highest BCUT2D eigenvalue weighted by atomic mass is 32.1. The van der Waals surface area contributed by atoms with E-state index in [1.165, 1.54) is 31.0 Å². The highest BCUT2D eigenvalue weighted by molar-refractivity contribution is 7.73. The van der Waals surface area contributed by atoms with Gasteiger partial charge in [0, 0.05) is 22.1 Å². The summed E-state index contributed by atoms with van der Waals surface area (Å²) in [5, 5.41) is 5.79. The molecule has 0 nitrogen and oxygen atoms in total. The minimum Gasteiger partial charge on any atom is -0.145 e. The molecule has 5 rings (SSSR count). The quantitative estimate of drug-likeness (QED) is 0.210. The Morgan fingerprint density at radius 1 is 0.364 bits per heavy atom. The van der Waals surface area contributed by atoms with Crippen molar-refractivity contribution in [2.45, 2.75) is 12.3 Å². The predicted molar refractivity (Wildman–Crippen MR) is 150 cm³/mol. The lowest BCUT2D eigenvalue weighted by Crippen LogP contribution is -2.12. The first kappa shape index (κ1) is 22.2. The van der Waals surface area contributed by atoms with E-state index in [0.717, 1.165) is 12.3 Å². The molecular formula is C30H26P2S. The van der Waals surface area contributed by atoms with Crippen LogP contribution in [0.3, 0.4) is 0 Å². The van der Waals surface area contributed by atoms with E-state index in [1.807, 2.05) is 11.3 Å². The van der Waals surface area contributed by atoms with E-state index in [4.69, 9.17) is 0 Å². The maximum absolute atomic E-state index is 2.37. The van der Waals surface area contributed by atoms with Gasteiger partial charge in [0.15, 0.2) is 0 Å². The van der Waals surface area contributed by atoms with Crippen molar-refractivity contribution in [3.8, 4) is 0 Å². The van der Waals surface area contributed by atoms with Crippen molar-refractivity contribution >= 4 is 48.4 Å². The fourth-order valence-corrected chi connectivity index (χ4v) is 10.2. The highest BCUT2D eigenvalue weighted by Gasteiger charge is 2.18. The average Bonchev–Trinajstić information content (AvgIpc) is 3.35. The SMILES string of the molecule is c1ccc(P(Cc2ccc(CP(c3ccccc3)c3ccccc3)s2)c2ccccc2)cc1. The molecule has 0 fully saturated rings. The topological polar surface area (TPSA) is 0 Å². The molecule has 0 aliphatic heterocycles. The van der Waals surface area contributed by atoms with Crippen molar-refractivity contribution in [2.75, 3.05) is 0 Å². The Hall–Kier alpha value is -2.56. The van der Waals surface area contributed by atoms with E-state index < -0.39 is 15.8 Å². The standard InChI is InChI=1S/C30H26P2S/c1-5-13-25(14-6-1)31(26-15-7-2-8-16-26)23-29-21-22-30(33-29)24-32(27-17-9-3-10-18-27)28-19-11-4-12-20-28/h1-22H,23-24H2. The largest absolute Gasteiger partial charge is 0.145 e. The molecule has 0 spiro atoms. The van der Waals surface area contributed by atoms with E-state index in [-0.39, 0.29) is 0 Å². The number of benzene rings is 4. The van der Waals surface area contributed by atoms with Gasteiger partial charge in [0.1, 0.15) is 0 Å². The first-order chi connectivity index (χ1) is 16.4. The molecule has 162 valence electrons. The fourth-order valence-electron chi connectivity index (χ4n) is 4.00. The van der Waals surface area contributed by atoms with Crippen molar-refractivity contribution in [3.05, 3.63) is 143 Å². The molecule has 0 aliphatic rings. The van der Waals surface area contributed by atoms with Gasteiger partial charge >= 0.3 is 0 Å². The average molecular weight is 481 g/mol. The van der Waals surface area contributed by atoms with Crippen molar-refractivity contribution < 1.29 is 0 Å². The number of thiophene rings is 1. The third-order valence-corrected chi connectivity index (χ3v) is 12.1. The molecule has 3 heteroatoms. The summed E-state index contributed by atoms with van der Waals surface area (Å²) in [7, 11) is -0.812. The molecule has 0 saturated heterocycles. The Bertz CT molecular complexity index is 1070. The van der Waals surface area contributed by atoms with Crippen molar-refractivity contribution in [3.63, 3.8) is 0 Å². The molecule has 1 heterocycles. The Morgan fingerprint density at radius 3 is 0.909 bits per heavy atom. The molecule has 1 aromatic heterocycles. The minimum atomic E-state index is -0.406. The number of hydrogen-bond donors (Lipinski definition) is 0. The lowest BCUT2D eigenvalue weighted by molar-refractivity contribution is 1.51. The van der Waals surface area contributed by atoms with Crippen molar-refractivity contribution in [1.29, 1.82) is 0 Å². The summed E-state index contributed by atoms with van der Waals surface area (Å²) in [5.41, 5.74) is 0. The normalized spacial score (nSPS) is 11.2. The zero-order valence-corrected chi connectivity index (χ0v) is 21.0. The third-order valence-electron chi connectivity index (χ3n) is 5.62. The summed E-state index contributed by atoms with van der Waals surface area (Å²) in [4.78, 5) is 2.97. The highest BCUT2D eigenvalue weighted by Crippen LogP contribution is 2.43. The molecule has 0 aliphatic carbocycles. The van der Waals surface area contributed by atoms with Crippen LogP contribution in [-0.2, 0) is 12.3 Å². The summed E-state index contributed by atoms with van der Waals surface area (Å²) in [6, 6.07) is 48.8. The Morgan fingerprint density at radius 2 is 0.636 bits per heavy atom. The van der Waals surface area contributed by atoms with E-state index >= 15 is 0 Å². The van der Waals surface area contributed by atoms with Crippen molar-refractivity contribution in [1.82, 2.24) is 0 Å². The molecule has 33 heavy (non-hydrogen) atoms. The van der Waals surface area contributed by atoms with Crippen LogP contribution in [0.1, 0.15) is 9.75 Å². The zero-order valence-electron chi connectivity index (χ0n) is 18.4. The Kier molecular flexibility index (Phi) is 7.44. The molecule has 0 N–H and O–H groups in total. The molecule has 0 amide bonds. The number of rotatable bonds is 8. The lowest BCUT2D eigenvalue weighted by atomic mass is 10.4. The van der Waals surface area contributed by atoms with Crippen LogP contribution in [0, 0.1) is 0 Å². The second-order valence-corrected chi connectivity index (χ2v) is 13.5. The van der Waals surface area contributed by atoms with Crippen LogP contribution in [0.15, 0.2) is 133 Å². The molecule has 4 aromatic carbocycles. The van der Waals surface area contributed by atoms with Gasteiger partial charge in [-0.15, -0.1) is 11.3 Å². The fraction of sp³-hybridized carbons (Fsp3) is 0.0667. The van der Waals surface area contributed by atoms with Crippen LogP contribution < -0.4 is 21.2 Å². The van der Waals surface area contributed by atoms with Gasteiger partial charge < -0.3 is 0 Å². The predicted octanol–water partition coefficient (Wildman–Crippen LogP) is 7.01. The minimum absolute atomic E-state index is 0.406. The molecular weight excluding hydrogens is 454 g/mol. The second-order valence-electron chi connectivity index (χ2n) is 7.88. The van der Waals surface area contributed by atoms with Gasteiger partial charge in [0.25, 0.3) is 0 Å². The number of hydrogen-bond acceptors (Lipinski definition) is 1. The molecule has 0 saturated carbocycles. The summed E-state index contributed by atoms with van der Waals surface area (Å²) >= 11 is 2.00. The Balaban J connectivity index is 1.41. The van der Waals surface area contributed by atoms with Crippen LogP contribution >= 0.6 is 27.2 Å². The van der Waals surface area contributed by atoms with Gasteiger partial charge in [-0.1, -0.05) is 121 Å². The summed E-state index contributed by atoms with van der Waals surface area (Å²) in [5.74, 6) is 0. The van der Waals surface area contributed by atoms with Gasteiger partial charge in [0.05, 0.1) is 0 Å². The van der Waals surface area contributed by atoms with Crippen LogP contribution in [0.2, 0.25) is 0 Å². The van der Waals surface area contributed by atoms with Gasteiger partial charge in [-0.2, -0.15) is 0 Å². The lowest BCUT2D eigenvalue weighted by Gasteiger charge is -2.19. The van der Waals surface area contributed by atoms with Crippen molar-refractivity contribution in [2.24, 2.45) is 0 Å². The van der Waals surface area contributed by atoms with Crippen LogP contribution in [-0.4, -0.2) is 0 Å². The summed E-state index contributed by atoms with van der Waals surface area (Å²) in [6.07, 6.45) is 2.20.